The standard InChI is InChI=1S/C11H11NO3/c1-7(13)12-9-6-4-3-5-8(9)10(14)11(12,2)15/h3-6,15H,1-2H3/t11-/m0/s1. The fourth-order valence-electron chi connectivity index (χ4n) is 1.93. The van der Waals surface area contributed by atoms with E-state index in [-0.39, 0.29) is 5.91 Å². The molecule has 0 saturated carbocycles. The largest absolute Gasteiger partial charge is 0.364 e. The van der Waals surface area contributed by atoms with Crippen molar-refractivity contribution in [3.63, 3.8) is 0 Å². The number of ketones is 1. The molecule has 4 nitrogen and oxygen atoms in total. The molecule has 0 radical (unpaired) electrons. The topological polar surface area (TPSA) is 57.6 Å². The van der Waals surface area contributed by atoms with Gasteiger partial charge in [0.25, 0.3) is 0 Å². The van der Waals surface area contributed by atoms with Crippen LogP contribution in [0.5, 0.6) is 0 Å². The number of fused-ring (bicyclic) bond motifs is 1. The minimum atomic E-state index is -1.75. The maximum Gasteiger partial charge on any atom is 0.226 e. The van der Waals surface area contributed by atoms with E-state index in [1.807, 2.05) is 0 Å². The molecule has 0 fully saturated rings. The van der Waals surface area contributed by atoms with Crippen molar-refractivity contribution in [1.82, 2.24) is 0 Å². The Kier molecular flexibility index (Phi) is 1.91. The van der Waals surface area contributed by atoms with Gasteiger partial charge in [0, 0.05) is 12.5 Å². The van der Waals surface area contributed by atoms with Crippen LogP contribution in [0, 0.1) is 0 Å². The van der Waals surface area contributed by atoms with Crippen LogP contribution < -0.4 is 4.90 Å². The van der Waals surface area contributed by atoms with Crippen LogP contribution >= 0.6 is 0 Å². The number of Topliss-reactive ketones (excluding diaryl/α,β-unsaturated/α-hetero) is 1. The number of aliphatic hydroxyl groups is 1. The highest BCUT2D eigenvalue weighted by molar-refractivity contribution is 6.18. The molecule has 0 saturated heterocycles. The molecule has 1 aromatic carbocycles. The number of amides is 1. The molecule has 1 aliphatic rings. The Hall–Kier alpha value is -1.68. The number of hydrogen-bond donors (Lipinski definition) is 1. The Balaban J connectivity index is 2.67. The van der Waals surface area contributed by atoms with E-state index in [1.165, 1.54) is 13.8 Å². The second-order valence-electron chi connectivity index (χ2n) is 3.72. The van der Waals surface area contributed by atoms with Gasteiger partial charge in [-0.15, -0.1) is 0 Å². The molecule has 4 heteroatoms. The van der Waals surface area contributed by atoms with Gasteiger partial charge in [-0.2, -0.15) is 0 Å². The van der Waals surface area contributed by atoms with Crippen molar-refractivity contribution in [2.24, 2.45) is 0 Å². The molecule has 78 valence electrons. The van der Waals surface area contributed by atoms with Gasteiger partial charge in [-0.05, 0) is 19.1 Å². The Labute approximate surface area is 87.1 Å². The summed E-state index contributed by atoms with van der Waals surface area (Å²) in [6, 6.07) is 6.69. The number of carbonyl (C=O) groups is 2. The van der Waals surface area contributed by atoms with Crippen molar-refractivity contribution in [1.29, 1.82) is 0 Å². The molecule has 2 rings (SSSR count). The fourth-order valence-corrected chi connectivity index (χ4v) is 1.93. The van der Waals surface area contributed by atoms with E-state index in [4.69, 9.17) is 0 Å². The van der Waals surface area contributed by atoms with Crippen LogP contribution in [0.15, 0.2) is 24.3 Å². The zero-order valence-electron chi connectivity index (χ0n) is 8.52. The first-order chi connectivity index (χ1) is 6.96. The van der Waals surface area contributed by atoms with Crippen molar-refractivity contribution in [3.05, 3.63) is 29.8 Å². The minimum Gasteiger partial charge on any atom is -0.364 e. The number of rotatable bonds is 0. The summed E-state index contributed by atoms with van der Waals surface area (Å²) >= 11 is 0. The highest BCUT2D eigenvalue weighted by Gasteiger charge is 2.48. The van der Waals surface area contributed by atoms with Gasteiger partial charge in [0.15, 0.2) is 0 Å². The Morgan fingerprint density at radius 1 is 1.40 bits per heavy atom. The van der Waals surface area contributed by atoms with Crippen molar-refractivity contribution in [3.8, 4) is 0 Å². The lowest BCUT2D eigenvalue weighted by atomic mass is 10.1. The van der Waals surface area contributed by atoms with Crippen molar-refractivity contribution in [2.45, 2.75) is 19.6 Å². The molecule has 1 aromatic rings. The zero-order valence-corrected chi connectivity index (χ0v) is 8.52. The lowest BCUT2D eigenvalue weighted by Crippen LogP contribution is -2.50. The predicted molar refractivity (Wildman–Crippen MR) is 54.6 cm³/mol. The Morgan fingerprint density at radius 3 is 2.60 bits per heavy atom. The van der Waals surface area contributed by atoms with Crippen LogP contribution in [0.4, 0.5) is 5.69 Å². The first-order valence-corrected chi connectivity index (χ1v) is 4.63. The normalized spacial score (nSPS) is 24.2. The van der Waals surface area contributed by atoms with Crippen LogP contribution in [0.2, 0.25) is 0 Å². The van der Waals surface area contributed by atoms with Gasteiger partial charge in [0.2, 0.25) is 17.4 Å². The van der Waals surface area contributed by atoms with E-state index in [0.717, 1.165) is 4.90 Å². The van der Waals surface area contributed by atoms with Gasteiger partial charge in [-0.25, -0.2) is 0 Å². The third-order valence-corrected chi connectivity index (χ3v) is 2.57. The summed E-state index contributed by atoms with van der Waals surface area (Å²) in [6.45, 7) is 2.65. The first-order valence-electron chi connectivity index (χ1n) is 4.63. The summed E-state index contributed by atoms with van der Waals surface area (Å²) in [5.41, 5.74) is -0.895. The van der Waals surface area contributed by atoms with E-state index < -0.39 is 11.5 Å². The van der Waals surface area contributed by atoms with Gasteiger partial charge >= 0.3 is 0 Å². The van der Waals surface area contributed by atoms with Crippen LogP contribution in [-0.4, -0.2) is 22.5 Å². The van der Waals surface area contributed by atoms with Crippen molar-refractivity contribution >= 4 is 17.4 Å². The SMILES string of the molecule is CC(=O)N1c2ccccc2C(=O)[C@]1(C)O. The maximum atomic E-state index is 11.8. The molecule has 0 unspecified atom stereocenters. The Morgan fingerprint density at radius 2 is 2.00 bits per heavy atom. The van der Waals surface area contributed by atoms with Crippen LogP contribution in [-0.2, 0) is 4.79 Å². The maximum absolute atomic E-state index is 11.8. The molecule has 1 atom stereocenters. The van der Waals surface area contributed by atoms with E-state index in [1.54, 1.807) is 24.3 Å². The summed E-state index contributed by atoms with van der Waals surface area (Å²) in [5.74, 6) is -0.786. The number of anilines is 1. The van der Waals surface area contributed by atoms with E-state index in [2.05, 4.69) is 0 Å². The highest BCUT2D eigenvalue weighted by atomic mass is 16.3. The summed E-state index contributed by atoms with van der Waals surface area (Å²) in [6.07, 6.45) is 0. The van der Waals surface area contributed by atoms with Crippen LogP contribution in [0.25, 0.3) is 0 Å². The average Bonchev–Trinajstić information content (AvgIpc) is 2.35. The smallest absolute Gasteiger partial charge is 0.226 e. The van der Waals surface area contributed by atoms with Crippen LogP contribution in [0.3, 0.4) is 0 Å². The second kappa shape index (κ2) is 2.90. The molecule has 1 N–H and O–H groups in total. The zero-order chi connectivity index (χ0) is 11.2. The summed E-state index contributed by atoms with van der Waals surface area (Å²) < 4.78 is 0. The molecular formula is C11H11NO3. The van der Waals surface area contributed by atoms with Gasteiger partial charge in [0.05, 0.1) is 5.69 Å². The van der Waals surface area contributed by atoms with E-state index in [9.17, 15) is 14.7 Å². The third kappa shape index (κ3) is 1.18. The number of benzene rings is 1. The van der Waals surface area contributed by atoms with E-state index in [0.29, 0.717) is 11.3 Å². The lowest BCUT2D eigenvalue weighted by molar-refractivity contribution is -0.119. The second-order valence-corrected chi connectivity index (χ2v) is 3.72. The quantitative estimate of drug-likeness (QED) is 0.685. The molecule has 15 heavy (non-hydrogen) atoms. The molecule has 0 bridgehead atoms. The molecular weight excluding hydrogens is 194 g/mol. The van der Waals surface area contributed by atoms with Gasteiger partial charge < -0.3 is 5.11 Å². The van der Waals surface area contributed by atoms with Crippen LogP contribution in [0.1, 0.15) is 24.2 Å². The number of carbonyl (C=O) groups excluding carboxylic acids is 2. The Bertz CT molecular complexity index is 451. The van der Waals surface area contributed by atoms with Gasteiger partial charge in [-0.3, -0.25) is 14.5 Å². The summed E-state index contributed by atoms with van der Waals surface area (Å²) in [5, 5.41) is 9.97. The molecule has 1 aliphatic heterocycles. The number of nitrogens with zero attached hydrogens (tertiary/aromatic N) is 1. The first kappa shape index (κ1) is 9.86. The van der Waals surface area contributed by atoms with Gasteiger partial charge in [-0.1, -0.05) is 12.1 Å². The minimum absolute atomic E-state index is 0.349. The fraction of sp³-hybridized carbons (Fsp3) is 0.273. The summed E-state index contributed by atoms with van der Waals surface area (Å²) in [7, 11) is 0. The average molecular weight is 205 g/mol. The highest BCUT2D eigenvalue weighted by Crippen LogP contribution is 2.36. The molecule has 1 amide bonds. The van der Waals surface area contributed by atoms with Gasteiger partial charge in [0.1, 0.15) is 0 Å². The monoisotopic (exact) mass is 205 g/mol. The van der Waals surface area contributed by atoms with Crippen molar-refractivity contribution in [2.75, 3.05) is 4.90 Å². The van der Waals surface area contributed by atoms with E-state index >= 15 is 0 Å². The number of hydrogen-bond acceptors (Lipinski definition) is 3. The molecule has 1 heterocycles. The summed E-state index contributed by atoms with van der Waals surface area (Å²) in [4.78, 5) is 24.3. The van der Waals surface area contributed by atoms with Crippen molar-refractivity contribution < 1.29 is 14.7 Å². The number of para-hydroxylation sites is 1. The molecule has 0 aromatic heterocycles. The lowest BCUT2D eigenvalue weighted by Gasteiger charge is -2.27. The molecule has 0 aliphatic carbocycles. The third-order valence-electron chi connectivity index (χ3n) is 2.57. The predicted octanol–water partition coefficient (Wildman–Crippen LogP) is 0.944. The molecule has 0 spiro atoms.